The van der Waals surface area contributed by atoms with Crippen molar-refractivity contribution in [3.8, 4) is 0 Å². The number of sulfonamides is 1. The lowest BCUT2D eigenvalue weighted by Crippen LogP contribution is -2.24. The van der Waals surface area contributed by atoms with Gasteiger partial charge in [0.1, 0.15) is 5.82 Å². The predicted octanol–water partition coefficient (Wildman–Crippen LogP) is 2.09. The highest BCUT2D eigenvalue weighted by Crippen LogP contribution is 2.22. The summed E-state index contributed by atoms with van der Waals surface area (Å²) in [5.41, 5.74) is 0.321. The summed E-state index contributed by atoms with van der Waals surface area (Å²) in [6, 6.07) is 7.66. The van der Waals surface area contributed by atoms with Crippen molar-refractivity contribution >= 4 is 21.4 Å². The first-order chi connectivity index (χ1) is 9.54. The summed E-state index contributed by atoms with van der Waals surface area (Å²) in [6.45, 7) is 0.414. The molecule has 2 N–H and O–H groups in total. The molecule has 0 amide bonds. The van der Waals surface area contributed by atoms with Gasteiger partial charge in [0.25, 0.3) is 0 Å². The van der Waals surface area contributed by atoms with E-state index in [2.05, 4.69) is 10.0 Å². The Morgan fingerprint density at radius 3 is 2.65 bits per heavy atom. The third-order valence-electron chi connectivity index (χ3n) is 2.74. The van der Waals surface area contributed by atoms with E-state index < -0.39 is 15.8 Å². The molecular weight excluding hydrogens is 299 g/mol. The number of hydrogen-bond acceptors (Lipinski definition) is 4. The summed E-state index contributed by atoms with van der Waals surface area (Å²) >= 11 is 1.37. The van der Waals surface area contributed by atoms with Crippen LogP contribution >= 0.6 is 11.3 Å². The van der Waals surface area contributed by atoms with Crippen molar-refractivity contribution in [3.63, 3.8) is 0 Å². The molecule has 0 unspecified atom stereocenters. The fourth-order valence-corrected chi connectivity index (χ4v) is 4.21. The topological polar surface area (TPSA) is 58.2 Å². The normalized spacial score (nSPS) is 11.7. The molecule has 20 heavy (non-hydrogen) atoms. The molecule has 1 aromatic carbocycles. The summed E-state index contributed by atoms with van der Waals surface area (Å²) in [5.74, 6) is -0.420. The van der Waals surface area contributed by atoms with E-state index in [0.29, 0.717) is 12.1 Å². The first-order valence-corrected chi connectivity index (χ1v) is 8.35. The van der Waals surface area contributed by atoms with Crippen LogP contribution < -0.4 is 10.0 Å². The van der Waals surface area contributed by atoms with Crippen molar-refractivity contribution in [1.29, 1.82) is 0 Å². The van der Waals surface area contributed by atoms with Crippen LogP contribution in [0.25, 0.3) is 0 Å². The lowest BCUT2D eigenvalue weighted by atomic mass is 10.2. The number of rotatable bonds is 6. The van der Waals surface area contributed by atoms with Gasteiger partial charge in [0.15, 0.2) is 0 Å². The lowest BCUT2D eigenvalue weighted by Gasteiger charge is -2.08. The van der Waals surface area contributed by atoms with E-state index in [1.807, 2.05) is 0 Å². The van der Waals surface area contributed by atoms with Gasteiger partial charge < -0.3 is 5.32 Å². The van der Waals surface area contributed by atoms with Crippen molar-refractivity contribution in [1.82, 2.24) is 10.0 Å². The smallest absolute Gasteiger partial charge is 0.242 e. The highest BCUT2D eigenvalue weighted by molar-refractivity contribution is 7.89. The summed E-state index contributed by atoms with van der Waals surface area (Å²) < 4.78 is 40.3. The lowest BCUT2D eigenvalue weighted by molar-refractivity contribution is 0.573. The van der Waals surface area contributed by atoms with Gasteiger partial charge in [0.05, 0.1) is 4.90 Å². The second-order valence-corrected chi connectivity index (χ2v) is 6.89. The Hall–Kier alpha value is -1.28. The Morgan fingerprint density at radius 1 is 1.20 bits per heavy atom. The average molecular weight is 314 g/mol. The van der Waals surface area contributed by atoms with Crippen molar-refractivity contribution < 1.29 is 12.8 Å². The second kappa shape index (κ2) is 6.45. The van der Waals surface area contributed by atoms with Crippen molar-refractivity contribution in [2.24, 2.45) is 0 Å². The third kappa shape index (κ3) is 3.43. The van der Waals surface area contributed by atoms with E-state index in [1.165, 1.54) is 17.4 Å². The Morgan fingerprint density at radius 2 is 1.95 bits per heavy atom. The van der Waals surface area contributed by atoms with Crippen LogP contribution in [0, 0.1) is 5.82 Å². The van der Waals surface area contributed by atoms with Crippen molar-refractivity contribution in [2.75, 3.05) is 7.05 Å². The molecule has 108 valence electrons. The van der Waals surface area contributed by atoms with Crippen LogP contribution in [0.3, 0.4) is 0 Å². The van der Waals surface area contributed by atoms with Crippen molar-refractivity contribution in [2.45, 2.75) is 18.0 Å². The third-order valence-corrected chi connectivity index (χ3v) is 5.28. The van der Waals surface area contributed by atoms with Crippen LogP contribution in [-0.2, 0) is 23.1 Å². The summed E-state index contributed by atoms with van der Waals surface area (Å²) in [5, 5.41) is 4.65. The molecule has 0 saturated carbocycles. The minimum atomic E-state index is -3.63. The van der Waals surface area contributed by atoms with Gasteiger partial charge in [-0.25, -0.2) is 17.5 Å². The fourth-order valence-electron chi connectivity index (χ4n) is 1.75. The molecule has 2 aromatic rings. The van der Waals surface area contributed by atoms with Crippen LogP contribution in [0.4, 0.5) is 4.39 Å². The van der Waals surface area contributed by atoms with E-state index in [1.54, 1.807) is 36.7 Å². The van der Waals surface area contributed by atoms with Gasteiger partial charge >= 0.3 is 0 Å². The Bertz CT molecular complexity index is 683. The molecule has 2 rings (SSSR count). The van der Waals surface area contributed by atoms with Gasteiger partial charge in [-0.3, -0.25) is 0 Å². The van der Waals surface area contributed by atoms with Crippen LogP contribution in [0.2, 0.25) is 0 Å². The molecule has 0 radical (unpaired) electrons. The molecule has 1 aromatic heterocycles. The first kappa shape index (κ1) is 15.1. The minimum absolute atomic E-state index is 0.0656. The van der Waals surface area contributed by atoms with Gasteiger partial charge in [0, 0.05) is 23.5 Å². The van der Waals surface area contributed by atoms with E-state index in [0.717, 1.165) is 4.88 Å². The Labute approximate surface area is 121 Å². The number of halogens is 1. The summed E-state index contributed by atoms with van der Waals surface area (Å²) in [6.07, 6.45) is 0. The van der Waals surface area contributed by atoms with Gasteiger partial charge in [0.2, 0.25) is 10.0 Å². The van der Waals surface area contributed by atoms with Crippen LogP contribution in [0.5, 0.6) is 0 Å². The van der Waals surface area contributed by atoms with Gasteiger partial charge in [-0.15, -0.1) is 11.3 Å². The molecular formula is C13H15FN2O2S2. The van der Waals surface area contributed by atoms with E-state index in [-0.39, 0.29) is 11.4 Å². The molecule has 0 aliphatic heterocycles. The average Bonchev–Trinajstić information content (AvgIpc) is 2.87. The molecule has 1 heterocycles. The predicted molar refractivity (Wildman–Crippen MR) is 77.5 cm³/mol. The molecule has 0 aliphatic rings. The fraction of sp³-hybridized carbons (Fsp3) is 0.231. The van der Waals surface area contributed by atoms with Gasteiger partial charge in [-0.05, 0) is 24.6 Å². The Balaban J connectivity index is 2.15. The quantitative estimate of drug-likeness (QED) is 0.858. The number of hydrogen-bond donors (Lipinski definition) is 2. The number of thiophene rings is 1. The van der Waals surface area contributed by atoms with E-state index in [9.17, 15) is 12.8 Å². The molecule has 7 heteroatoms. The van der Waals surface area contributed by atoms with Crippen LogP contribution in [0.1, 0.15) is 10.4 Å². The first-order valence-electron chi connectivity index (χ1n) is 5.98. The molecule has 0 atom stereocenters. The maximum Gasteiger partial charge on any atom is 0.242 e. The molecule has 0 spiro atoms. The maximum atomic E-state index is 13.5. The zero-order chi connectivity index (χ0) is 14.6. The van der Waals surface area contributed by atoms with Crippen molar-refractivity contribution in [3.05, 3.63) is 52.0 Å². The highest BCUT2D eigenvalue weighted by atomic mass is 32.2. The highest BCUT2D eigenvalue weighted by Gasteiger charge is 2.19. The van der Waals surface area contributed by atoms with E-state index >= 15 is 0 Å². The molecule has 4 nitrogen and oxygen atoms in total. The van der Waals surface area contributed by atoms with Crippen LogP contribution in [-0.4, -0.2) is 15.5 Å². The molecule has 0 aliphatic carbocycles. The zero-order valence-corrected chi connectivity index (χ0v) is 12.5. The number of nitrogens with one attached hydrogen (secondary N) is 2. The largest absolute Gasteiger partial charge is 0.315 e. The second-order valence-electron chi connectivity index (χ2n) is 4.15. The molecule has 0 fully saturated rings. The molecule has 0 bridgehead atoms. The van der Waals surface area contributed by atoms with Crippen LogP contribution in [0.15, 0.2) is 40.6 Å². The summed E-state index contributed by atoms with van der Waals surface area (Å²) in [7, 11) is -1.88. The van der Waals surface area contributed by atoms with Gasteiger partial charge in [-0.2, -0.15) is 0 Å². The SMILES string of the molecule is CNCc1sccc1S(=O)(=O)NCc1ccccc1F. The Kier molecular flexibility index (Phi) is 4.87. The zero-order valence-electron chi connectivity index (χ0n) is 10.9. The minimum Gasteiger partial charge on any atom is -0.315 e. The standard InChI is InChI=1S/C13H15FN2O2S2/c1-15-9-12-13(6-7-19-12)20(17,18)16-8-10-4-2-3-5-11(10)14/h2-7,15-16H,8-9H2,1H3. The maximum absolute atomic E-state index is 13.5. The number of benzene rings is 1. The van der Waals surface area contributed by atoms with E-state index in [4.69, 9.17) is 0 Å². The molecule has 0 saturated heterocycles. The monoisotopic (exact) mass is 314 g/mol. The van der Waals surface area contributed by atoms with Gasteiger partial charge in [-0.1, -0.05) is 18.2 Å². The summed E-state index contributed by atoms with van der Waals surface area (Å²) in [4.78, 5) is 0.974.